The van der Waals surface area contributed by atoms with E-state index in [0.717, 1.165) is 17.7 Å². The molecule has 1 unspecified atom stereocenters. The van der Waals surface area contributed by atoms with Crippen molar-refractivity contribution >= 4 is 6.08 Å². The lowest BCUT2D eigenvalue weighted by molar-refractivity contribution is 0.182. The molecule has 3 rings (SSSR count). The van der Waals surface area contributed by atoms with Gasteiger partial charge in [-0.2, -0.15) is 0 Å². The smallest absolute Gasteiger partial charge is 0.167 e. The van der Waals surface area contributed by atoms with Gasteiger partial charge in [0.2, 0.25) is 0 Å². The number of unbranched alkanes of at least 4 members (excludes halogenated alkanes) is 1. The molecule has 0 bridgehead atoms. The molecule has 1 N–H and O–H groups in total. The van der Waals surface area contributed by atoms with E-state index in [-0.39, 0.29) is 17.2 Å². The number of hydrogen-bond donors (Lipinski definition) is 1. The van der Waals surface area contributed by atoms with E-state index in [4.69, 9.17) is 4.74 Å². The van der Waals surface area contributed by atoms with E-state index >= 15 is 0 Å². The first-order valence-corrected chi connectivity index (χ1v) is 10.6. The van der Waals surface area contributed by atoms with Gasteiger partial charge in [-0.1, -0.05) is 61.2 Å². The largest absolute Gasteiger partial charge is 0.488 e. The number of rotatable bonds is 10. The fourth-order valence-corrected chi connectivity index (χ4v) is 3.27. The lowest BCUT2D eigenvalue weighted by Crippen LogP contribution is -1.97. The molecule has 0 saturated heterocycles. The fraction of sp³-hybridized carbons (Fsp3) is 0.222. The zero-order valence-corrected chi connectivity index (χ0v) is 18.1. The van der Waals surface area contributed by atoms with Gasteiger partial charge in [0.05, 0.1) is 18.0 Å². The molecule has 0 aliphatic rings. The zero-order chi connectivity index (χ0) is 22.9. The predicted octanol–water partition coefficient (Wildman–Crippen LogP) is 6.82. The van der Waals surface area contributed by atoms with Gasteiger partial charge in [-0.3, -0.25) is 4.98 Å². The molecule has 1 heterocycles. The van der Waals surface area contributed by atoms with Crippen LogP contribution in [0.3, 0.4) is 0 Å². The number of nitrogens with zero attached hydrogens (tertiary/aromatic N) is 1. The number of aromatic nitrogens is 1. The first kappa shape index (κ1) is 23.4. The van der Waals surface area contributed by atoms with Gasteiger partial charge in [0.25, 0.3) is 0 Å². The molecule has 0 radical (unpaired) electrons. The van der Waals surface area contributed by atoms with Gasteiger partial charge in [-0.05, 0) is 43.9 Å². The minimum absolute atomic E-state index is 0.210. The van der Waals surface area contributed by atoms with Crippen LogP contribution in [-0.2, 0) is 0 Å². The molecule has 3 nitrogen and oxygen atoms in total. The maximum absolute atomic E-state index is 14.7. The molecule has 0 aliphatic carbocycles. The van der Waals surface area contributed by atoms with E-state index in [1.54, 1.807) is 55.6 Å². The van der Waals surface area contributed by atoms with Gasteiger partial charge in [0, 0.05) is 16.7 Å². The number of pyridine rings is 1. The summed E-state index contributed by atoms with van der Waals surface area (Å²) in [4.78, 5) is 4.38. The van der Waals surface area contributed by atoms with Crippen molar-refractivity contribution in [2.45, 2.75) is 32.3 Å². The highest BCUT2D eigenvalue weighted by molar-refractivity contribution is 5.70. The standard InChI is InChI=1S/C27H27F2NO2/c1-3-17-32-23-14-16-25(30-18-23)21-11-9-20(10-12-21)24-15-13-22(26(28)27(24)29)8-6-4-5-7-19(2)31/h3,6,8-16,18-19,31H,1,4-5,7,17H2,2H3. The van der Waals surface area contributed by atoms with Crippen LogP contribution >= 0.6 is 0 Å². The molecule has 0 aliphatic heterocycles. The Balaban J connectivity index is 1.72. The summed E-state index contributed by atoms with van der Waals surface area (Å²) in [6.07, 6.45) is 8.51. The highest BCUT2D eigenvalue weighted by atomic mass is 19.2. The number of aliphatic hydroxyl groups excluding tert-OH is 1. The highest BCUT2D eigenvalue weighted by Crippen LogP contribution is 2.29. The summed E-state index contributed by atoms with van der Waals surface area (Å²) in [5.41, 5.74) is 2.62. The SMILES string of the molecule is C=CCOc1ccc(-c2ccc(-c3ccc(C=CCCCC(C)O)c(F)c3F)cc2)nc1. The molecule has 5 heteroatoms. The Hall–Kier alpha value is -3.31. The summed E-state index contributed by atoms with van der Waals surface area (Å²) >= 11 is 0. The molecule has 166 valence electrons. The summed E-state index contributed by atoms with van der Waals surface area (Å²) < 4.78 is 34.7. The van der Waals surface area contributed by atoms with Crippen LogP contribution in [0.4, 0.5) is 8.78 Å². The average molecular weight is 436 g/mol. The minimum atomic E-state index is -0.870. The van der Waals surface area contributed by atoms with Crippen LogP contribution in [0.5, 0.6) is 5.75 Å². The molecule has 0 amide bonds. The van der Waals surface area contributed by atoms with Crippen LogP contribution in [0.2, 0.25) is 0 Å². The van der Waals surface area contributed by atoms with Gasteiger partial charge >= 0.3 is 0 Å². The second kappa shape index (κ2) is 11.3. The van der Waals surface area contributed by atoms with Crippen LogP contribution in [0.15, 0.2) is 73.5 Å². The Kier molecular flexibility index (Phi) is 8.28. The molecular weight excluding hydrogens is 408 g/mol. The maximum atomic E-state index is 14.7. The molecule has 0 spiro atoms. The van der Waals surface area contributed by atoms with Crippen molar-refractivity contribution < 1.29 is 18.6 Å². The number of halogens is 2. The summed E-state index contributed by atoms with van der Waals surface area (Å²) in [5.74, 6) is -1.08. The highest BCUT2D eigenvalue weighted by Gasteiger charge is 2.13. The third-order valence-electron chi connectivity index (χ3n) is 5.00. The van der Waals surface area contributed by atoms with Crippen molar-refractivity contribution in [3.8, 4) is 28.1 Å². The van der Waals surface area contributed by atoms with Crippen molar-refractivity contribution in [1.29, 1.82) is 0 Å². The molecule has 3 aromatic rings. The quantitative estimate of drug-likeness (QED) is 0.281. The van der Waals surface area contributed by atoms with E-state index in [1.165, 1.54) is 0 Å². The number of aliphatic hydroxyl groups is 1. The average Bonchev–Trinajstić information content (AvgIpc) is 2.80. The van der Waals surface area contributed by atoms with Crippen LogP contribution < -0.4 is 4.74 Å². The van der Waals surface area contributed by atoms with Crippen LogP contribution in [0.25, 0.3) is 28.5 Å². The monoisotopic (exact) mass is 435 g/mol. The van der Waals surface area contributed by atoms with Crippen molar-refractivity contribution in [3.63, 3.8) is 0 Å². The maximum Gasteiger partial charge on any atom is 0.167 e. The van der Waals surface area contributed by atoms with Crippen molar-refractivity contribution in [3.05, 3.63) is 90.7 Å². The number of benzene rings is 2. The minimum Gasteiger partial charge on any atom is -0.488 e. The molecule has 2 aromatic carbocycles. The van der Waals surface area contributed by atoms with Crippen LogP contribution in [0, 0.1) is 11.6 Å². The summed E-state index contributed by atoms with van der Waals surface area (Å²) in [5, 5.41) is 9.26. The van der Waals surface area contributed by atoms with E-state index in [2.05, 4.69) is 11.6 Å². The summed E-state index contributed by atoms with van der Waals surface area (Å²) in [7, 11) is 0. The Morgan fingerprint density at radius 2 is 1.78 bits per heavy atom. The first-order chi connectivity index (χ1) is 15.5. The summed E-state index contributed by atoms with van der Waals surface area (Å²) in [6, 6.07) is 14.0. The normalized spacial score (nSPS) is 12.1. The third kappa shape index (κ3) is 6.11. The second-order valence-corrected chi connectivity index (χ2v) is 7.57. The van der Waals surface area contributed by atoms with E-state index in [0.29, 0.717) is 30.8 Å². The molecular formula is C27H27F2NO2. The van der Waals surface area contributed by atoms with Gasteiger partial charge in [-0.25, -0.2) is 8.78 Å². The Labute approximate surface area is 187 Å². The Bertz CT molecular complexity index is 1060. The van der Waals surface area contributed by atoms with E-state index in [1.807, 2.05) is 24.3 Å². The van der Waals surface area contributed by atoms with Gasteiger partial charge in [-0.15, -0.1) is 0 Å². The van der Waals surface area contributed by atoms with E-state index < -0.39 is 11.6 Å². The van der Waals surface area contributed by atoms with Gasteiger partial charge < -0.3 is 9.84 Å². The molecule has 0 fully saturated rings. The molecule has 1 aromatic heterocycles. The van der Waals surface area contributed by atoms with Gasteiger partial charge in [0.15, 0.2) is 11.6 Å². The zero-order valence-electron chi connectivity index (χ0n) is 18.1. The molecule has 0 saturated carbocycles. The molecule has 1 atom stereocenters. The number of ether oxygens (including phenoxy) is 1. The third-order valence-corrected chi connectivity index (χ3v) is 5.00. The number of allylic oxidation sites excluding steroid dienone is 1. The van der Waals surface area contributed by atoms with Crippen molar-refractivity contribution in [2.75, 3.05) is 6.61 Å². The van der Waals surface area contributed by atoms with Crippen LogP contribution in [-0.4, -0.2) is 22.8 Å². The first-order valence-electron chi connectivity index (χ1n) is 10.6. The fourth-order valence-electron chi connectivity index (χ4n) is 3.27. The molecule has 32 heavy (non-hydrogen) atoms. The van der Waals surface area contributed by atoms with Crippen molar-refractivity contribution in [1.82, 2.24) is 4.98 Å². The van der Waals surface area contributed by atoms with Crippen molar-refractivity contribution in [2.24, 2.45) is 0 Å². The lowest BCUT2D eigenvalue weighted by atomic mass is 10.00. The lowest BCUT2D eigenvalue weighted by Gasteiger charge is -2.09. The Morgan fingerprint density at radius 1 is 1.03 bits per heavy atom. The van der Waals surface area contributed by atoms with Gasteiger partial charge in [0.1, 0.15) is 12.4 Å². The topological polar surface area (TPSA) is 42.4 Å². The summed E-state index contributed by atoms with van der Waals surface area (Å²) in [6.45, 7) is 5.75. The Morgan fingerprint density at radius 3 is 2.44 bits per heavy atom. The predicted molar refractivity (Wildman–Crippen MR) is 125 cm³/mol. The van der Waals surface area contributed by atoms with Crippen LogP contribution in [0.1, 0.15) is 31.7 Å². The second-order valence-electron chi connectivity index (χ2n) is 7.57. The number of hydrogen-bond acceptors (Lipinski definition) is 3. The van der Waals surface area contributed by atoms with E-state index in [9.17, 15) is 13.9 Å².